The molecule has 12 rings (SSSR count). The van der Waals surface area contributed by atoms with Crippen LogP contribution in [-0.2, 0) is 0 Å². The Bertz CT molecular complexity index is 3590. The SMILES string of the molecule is c1ccc2c(c1)cc(-c1c3ccccc3c(-c3cc4ccccc4c4ccccc34)c3cc(-c4cc5ncccc5c5ccccc45)ccc13)c1ccccc12. The lowest BCUT2D eigenvalue weighted by molar-refractivity contribution is 1.42. The molecule has 12 aromatic rings. The molecule has 0 unspecified atom stereocenters. The largest absolute Gasteiger partial charge is 0.256 e. The van der Waals surface area contributed by atoms with Crippen LogP contribution < -0.4 is 0 Å². The summed E-state index contributed by atoms with van der Waals surface area (Å²) in [6, 6.07) is 71.8. The zero-order valence-corrected chi connectivity index (χ0v) is 30.5. The van der Waals surface area contributed by atoms with Crippen LogP contribution in [0.25, 0.3) is 120 Å². The van der Waals surface area contributed by atoms with Crippen molar-refractivity contribution in [2.24, 2.45) is 0 Å². The van der Waals surface area contributed by atoms with Crippen molar-refractivity contribution in [2.75, 3.05) is 0 Å². The molecule has 1 nitrogen and oxygen atoms in total. The van der Waals surface area contributed by atoms with E-state index in [4.69, 9.17) is 4.98 Å². The van der Waals surface area contributed by atoms with Gasteiger partial charge in [0.15, 0.2) is 0 Å². The molecule has 0 radical (unpaired) electrons. The first-order valence-corrected chi connectivity index (χ1v) is 19.4. The molecule has 0 aliphatic heterocycles. The molecule has 0 saturated carbocycles. The second-order valence-electron chi connectivity index (χ2n) is 15.0. The van der Waals surface area contributed by atoms with Crippen molar-refractivity contribution in [3.63, 3.8) is 0 Å². The number of pyridine rings is 1. The zero-order chi connectivity index (χ0) is 36.7. The zero-order valence-electron chi connectivity index (χ0n) is 30.5. The fourth-order valence-corrected chi connectivity index (χ4v) is 9.61. The number of hydrogen-bond donors (Lipinski definition) is 0. The number of rotatable bonds is 3. The molecule has 0 amide bonds. The van der Waals surface area contributed by atoms with Crippen LogP contribution >= 0.6 is 0 Å². The Labute approximate surface area is 323 Å². The third-order valence-electron chi connectivity index (χ3n) is 12.0. The maximum atomic E-state index is 4.86. The first-order chi connectivity index (χ1) is 27.8. The number of fused-ring (bicyclic) bond motifs is 11. The Morgan fingerprint density at radius 3 is 1.23 bits per heavy atom. The summed E-state index contributed by atoms with van der Waals surface area (Å²) in [5, 5.41) is 18.7. The Morgan fingerprint density at radius 1 is 0.250 bits per heavy atom. The number of nitrogens with zero attached hydrogens (tertiary/aromatic N) is 1. The maximum absolute atomic E-state index is 4.86. The van der Waals surface area contributed by atoms with Crippen molar-refractivity contribution < 1.29 is 0 Å². The van der Waals surface area contributed by atoms with Crippen LogP contribution in [0.4, 0.5) is 0 Å². The van der Waals surface area contributed by atoms with E-state index in [2.05, 4.69) is 188 Å². The van der Waals surface area contributed by atoms with Gasteiger partial charge < -0.3 is 0 Å². The lowest BCUT2D eigenvalue weighted by Gasteiger charge is -2.22. The van der Waals surface area contributed by atoms with Gasteiger partial charge in [0.05, 0.1) is 5.52 Å². The van der Waals surface area contributed by atoms with Crippen molar-refractivity contribution in [1.29, 1.82) is 0 Å². The van der Waals surface area contributed by atoms with E-state index in [1.54, 1.807) is 0 Å². The average molecular weight is 708 g/mol. The van der Waals surface area contributed by atoms with Crippen molar-refractivity contribution in [3.8, 4) is 33.4 Å². The molecule has 56 heavy (non-hydrogen) atoms. The summed E-state index contributed by atoms with van der Waals surface area (Å²) in [5.41, 5.74) is 8.40. The Kier molecular flexibility index (Phi) is 6.70. The van der Waals surface area contributed by atoms with Gasteiger partial charge in [0.1, 0.15) is 0 Å². The highest BCUT2D eigenvalue weighted by molar-refractivity contribution is 6.29. The van der Waals surface area contributed by atoms with Crippen molar-refractivity contribution >= 4 is 86.3 Å². The van der Waals surface area contributed by atoms with Crippen molar-refractivity contribution in [2.45, 2.75) is 0 Å². The van der Waals surface area contributed by atoms with Gasteiger partial charge in [0, 0.05) is 11.6 Å². The number of hydrogen-bond acceptors (Lipinski definition) is 1. The summed E-state index contributed by atoms with van der Waals surface area (Å²) in [7, 11) is 0. The van der Waals surface area contributed by atoms with E-state index >= 15 is 0 Å². The van der Waals surface area contributed by atoms with E-state index in [-0.39, 0.29) is 0 Å². The molecule has 258 valence electrons. The molecule has 0 aliphatic carbocycles. The van der Waals surface area contributed by atoms with Crippen LogP contribution in [0.1, 0.15) is 0 Å². The minimum atomic E-state index is 1.00. The molecule has 0 atom stereocenters. The summed E-state index contributed by atoms with van der Waals surface area (Å²) in [6.45, 7) is 0. The van der Waals surface area contributed by atoms with Gasteiger partial charge in [-0.15, -0.1) is 0 Å². The minimum absolute atomic E-state index is 1.00. The normalized spacial score (nSPS) is 11.9. The van der Waals surface area contributed by atoms with Gasteiger partial charge in [0.2, 0.25) is 0 Å². The van der Waals surface area contributed by atoms with Gasteiger partial charge in [-0.2, -0.15) is 0 Å². The molecule has 0 saturated heterocycles. The second-order valence-corrected chi connectivity index (χ2v) is 15.0. The summed E-state index contributed by atoms with van der Waals surface area (Å²) >= 11 is 0. The highest BCUT2D eigenvalue weighted by atomic mass is 14.6. The maximum Gasteiger partial charge on any atom is 0.0714 e. The highest BCUT2D eigenvalue weighted by Gasteiger charge is 2.22. The molecular weight excluding hydrogens is 675 g/mol. The molecule has 0 N–H and O–H groups in total. The van der Waals surface area contributed by atoms with E-state index in [1.165, 1.54) is 114 Å². The Hall–Kier alpha value is -7.35. The first kappa shape index (κ1) is 31.0. The summed E-state index contributed by atoms with van der Waals surface area (Å²) < 4.78 is 0. The Morgan fingerprint density at radius 2 is 0.661 bits per heavy atom. The lowest BCUT2D eigenvalue weighted by Crippen LogP contribution is -1.94. The van der Waals surface area contributed by atoms with Crippen LogP contribution in [0.2, 0.25) is 0 Å². The van der Waals surface area contributed by atoms with E-state index in [9.17, 15) is 0 Å². The van der Waals surface area contributed by atoms with E-state index < -0.39 is 0 Å². The van der Waals surface area contributed by atoms with Crippen molar-refractivity contribution in [3.05, 3.63) is 200 Å². The first-order valence-electron chi connectivity index (χ1n) is 19.4. The standard InChI is InChI=1S/C55H33N/c1-3-16-37-34(14-1)30-50(43-22-9-5-18-39(37)43)54-46-24-11-12-25-47(46)55(51-31-35-15-2-4-17-38(35)40-19-6-10-23-44(40)51)52-32-36(27-28-48(52)54)49-33-53-45(26-13-29-56-53)41-20-7-8-21-42(41)49/h1-33H. The molecule has 1 aromatic heterocycles. The topological polar surface area (TPSA) is 12.9 Å². The lowest BCUT2D eigenvalue weighted by atomic mass is 9.81. The molecule has 11 aromatic carbocycles. The van der Waals surface area contributed by atoms with Crippen LogP contribution in [0, 0.1) is 0 Å². The molecule has 0 aliphatic rings. The molecule has 1 heterocycles. The fraction of sp³-hybridized carbons (Fsp3) is 0. The summed E-state index contributed by atoms with van der Waals surface area (Å²) in [6.07, 6.45) is 1.90. The van der Waals surface area contributed by atoms with Crippen LogP contribution in [0.3, 0.4) is 0 Å². The third kappa shape index (κ3) is 4.52. The highest BCUT2D eigenvalue weighted by Crippen LogP contribution is 2.49. The molecule has 1 heteroatoms. The predicted molar refractivity (Wildman–Crippen MR) is 241 cm³/mol. The summed E-state index contributed by atoms with van der Waals surface area (Å²) in [5.74, 6) is 0. The van der Waals surface area contributed by atoms with Gasteiger partial charge in [0.25, 0.3) is 0 Å². The molecule has 0 spiro atoms. The minimum Gasteiger partial charge on any atom is -0.256 e. The smallest absolute Gasteiger partial charge is 0.0714 e. The second kappa shape index (κ2) is 12.1. The number of aromatic nitrogens is 1. The fourth-order valence-electron chi connectivity index (χ4n) is 9.61. The summed E-state index contributed by atoms with van der Waals surface area (Å²) in [4.78, 5) is 4.86. The van der Waals surface area contributed by atoms with Gasteiger partial charge in [-0.05, 0) is 139 Å². The van der Waals surface area contributed by atoms with Crippen molar-refractivity contribution in [1.82, 2.24) is 4.98 Å². The monoisotopic (exact) mass is 707 g/mol. The van der Waals surface area contributed by atoms with Gasteiger partial charge in [-0.3, -0.25) is 4.98 Å². The Balaban J connectivity index is 1.28. The van der Waals surface area contributed by atoms with E-state index in [0.717, 1.165) is 5.52 Å². The predicted octanol–water partition coefficient (Wildman–Crippen LogP) is 15.3. The van der Waals surface area contributed by atoms with Crippen LogP contribution in [0.15, 0.2) is 200 Å². The average Bonchev–Trinajstić information content (AvgIpc) is 3.27. The number of benzene rings is 11. The van der Waals surface area contributed by atoms with Crippen LogP contribution in [0.5, 0.6) is 0 Å². The van der Waals surface area contributed by atoms with Gasteiger partial charge in [-0.1, -0.05) is 164 Å². The third-order valence-corrected chi connectivity index (χ3v) is 12.0. The van der Waals surface area contributed by atoms with Gasteiger partial charge in [-0.25, -0.2) is 0 Å². The molecular formula is C55H33N. The van der Waals surface area contributed by atoms with E-state index in [1.807, 2.05) is 12.3 Å². The molecule has 0 bridgehead atoms. The van der Waals surface area contributed by atoms with E-state index in [0.29, 0.717) is 0 Å². The quantitative estimate of drug-likeness (QED) is 0.132. The van der Waals surface area contributed by atoms with Gasteiger partial charge >= 0.3 is 0 Å². The van der Waals surface area contributed by atoms with Crippen LogP contribution in [-0.4, -0.2) is 4.98 Å². The molecule has 0 fully saturated rings.